The summed E-state index contributed by atoms with van der Waals surface area (Å²) in [7, 11) is 0. The first-order valence-electron chi connectivity index (χ1n) is 4.38. The van der Waals surface area contributed by atoms with E-state index in [1.54, 1.807) is 0 Å². The molecule has 0 saturated carbocycles. The van der Waals surface area contributed by atoms with Crippen molar-refractivity contribution in [1.29, 1.82) is 0 Å². The molecule has 4 heteroatoms. The van der Waals surface area contributed by atoms with Crippen LogP contribution in [0.4, 0.5) is 0 Å². The highest BCUT2D eigenvalue weighted by molar-refractivity contribution is 5.73. The fourth-order valence-electron chi connectivity index (χ4n) is 1.62. The van der Waals surface area contributed by atoms with Crippen molar-refractivity contribution in [3.63, 3.8) is 0 Å². The van der Waals surface area contributed by atoms with Crippen LogP contribution < -0.4 is 0 Å². The van der Waals surface area contributed by atoms with Crippen LogP contribution in [-0.2, 0) is 4.74 Å². The molecule has 2 heterocycles. The second-order valence-corrected chi connectivity index (χ2v) is 3.11. The number of hydrogen-bond acceptors (Lipinski definition) is 4. The van der Waals surface area contributed by atoms with Crippen LogP contribution in [0.5, 0.6) is 0 Å². The maximum Gasteiger partial charge on any atom is 0.181 e. The molecule has 1 aliphatic rings. The van der Waals surface area contributed by atoms with Gasteiger partial charge in [0.2, 0.25) is 0 Å². The van der Waals surface area contributed by atoms with E-state index in [9.17, 15) is 4.79 Å². The summed E-state index contributed by atoms with van der Waals surface area (Å²) in [5.74, 6) is 1.02. The lowest BCUT2D eigenvalue weighted by atomic mass is 9.96. The van der Waals surface area contributed by atoms with Crippen LogP contribution in [0.1, 0.15) is 35.0 Å². The summed E-state index contributed by atoms with van der Waals surface area (Å²) < 4.78 is 10.4. The number of rotatable bonds is 2. The highest BCUT2D eigenvalue weighted by Crippen LogP contribution is 2.28. The van der Waals surface area contributed by atoms with Gasteiger partial charge in [0, 0.05) is 19.1 Å². The normalized spacial score (nSPS) is 18.8. The number of oxazole rings is 1. The molecule has 0 aromatic carbocycles. The van der Waals surface area contributed by atoms with Gasteiger partial charge in [0.05, 0.1) is 0 Å². The quantitative estimate of drug-likeness (QED) is 0.647. The summed E-state index contributed by atoms with van der Waals surface area (Å²) in [6.07, 6.45) is 3.90. The van der Waals surface area contributed by atoms with E-state index in [0.717, 1.165) is 38.1 Å². The second kappa shape index (κ2) is 3.70. The van der Waals surface area contributed by atoms with Crippen molar-refractivity contribution in [1.82, 2.24) is 4.98 Å². The predicted octanol–water partition coefficient (Wildman–Crippen LogP) is 1.38. The average Bonchev–Trinajstić information content (AvgIpc) is 2.67. The third-order valence-electron chi connectivity index (χ3n) is 2.33. The Bertz CT molecular complexity index is 289. The lowest BCUT2D eigenvalue weighted by Crippen LogP contribution is -2.14. The van der Waals surface area contributed by atoms with Crippen LogP contribution in [0, 0.1) is 0 Å². The molecule has 70 valence electrons. The Morgan fingerprint density at radius 3 is 2.92 bits per heavy atom. The van der Waals surface area contributed by atoms with Crippen LogP contribution >= 0.6 is 0 Å². The SMILES string of the molecule is O=Cc1ncoc1C1CCOCC1. The second-order valence-electron chi connectivity index (χ2n) is 3.11. The number of aldehydes is 1. The third kappa shape index (κ3) is 1.62. The van der Waals surface area contributed by atoms with E-state index in [1.165, 1.54) is 6.39 Å². The molecule has 0 bridgehead atoms. The van der Waals surface area contributed by atoms with Gasteiger partial charge >= 0.3 is 0 Å². The molecule has 0 aliphatic carbocycles. The van der Waals surface area contributed by atoms with Gasteiger partial charge in [-0.3, -0.25) is 4.79 Å². The summed E-state index contributed by atoms with van der Waals surface area (Å²) in [5, 5.41) is 0. The van der Waals surface area contributed by atoms with E-state index >= 15 is 0 Å². The lowest BCUT2D eigenvalue weighted by molar-refractivity contribution is 0.0802. The Morgan fingerprint density at radius 1 is 1.46 bits per heavy atom. The molecule has 1 fully saturated rings. The van der Waals surface area contributed by atoms with Gasteiger partial charge < -0.3 is 9.15 Å². The lowest BCUT2D eigenvalue weighted by Gasteiger charge is -2.19. The van der Waals surface area contributed by atoms with Crippen molar-refractivity contribution < 1.29 is 13.9 Å². The van der Waals surface area contributed by atoms with E-state index < -0.39 is 0 Å². The minimum Gasteiger partial charge on any atom is -0.447 e. The first kappa shape index (κ1) is 8.44. The van der Waals surface area contributed by atoms with Gasteiger partial charge in [0.15, 0.2) is 12.7 Å². The average molecular weight is 181 g/mol. The summed E-state index contributed by atoms with van der Waals surface area (Å²) in [6, 6.07) is 0. The largest absolute Gasteiger partial charge is 0.447 e. The molecule has 13 heavy (non-hydrogen) atoms. The van der Waals surface area contributed by atoms with Crippen molar-refractivity contribution in [3.8, 4) is 0 Å². The van der Waals surface area contributed by atoms with E-state index in [2.05, 4.69) is 4.98 Å². The third-order valence-corrected chi connectivity index (χ3v) is 2.33. The zero-order chi connectivity index (χ0) is 9.10. The predicted molar refractivity (Wildman–Crippen MR) is 44.7 cm³/mol. The molecule has 0 unspecified atom stereocenters. The minimum absolute atomic E-state index is 0.302. The number of hydrogen-bond donors (Lipinski definition) is 0. The Hall–Kier alpha value is -1.16. The molecule has 1 saturated heterocycles. The van der Waals surface area contributed by atoms with Crippen LogP contribution in [0.15, 0.2) is 10.8 Å². The van der Waals surface area contributed by atoms with Crippen LogP contribution in [-0.4, -0.2) is 24.5 Å². The standard InChI is InChI=1S/C9H11NO3/c11-5-8-9(13-6-10-8)7-1-3-12-4-2-7/h5-7H,1-4H2. The molecule has 0 atom stereocenters. The number of nitrogens with zero attached hydrogens (tertiary/aromatic N) is 1. The summed E-state index contributed by atoms with van der Waals surface area (Å²) in [5.41, 5.74) is 0.437. The molecule has 0 N–H and O–H groups in total. The zero-order valence-electron chi connectivity index (χ0n) is 7.23. The van der Waals surface area contributed by atoms with Gasteiger partial charge in [-0.2, -0.15) is 0 Å². The summed E-state index contributed by atoms with van der Waals surface area (Å²) in [4.78, 5) is 14.4. The first-order valence-corrected chi connectivity index (χ1v) is 4.38. The van der Waals surface area contributed by atoms with Crippen LogP contribution in [0.25, 0.3) is 0 Å². The molecule has 0 radical (unpaired) electrons. The monoisotopic (exact) mass is 181 g/mol. The fraction of sp³-hybridized carbons (Fsp3) is 0.556. The fourth-order valence-corrected chi connectivity index (χ4v) is 1.62. The number of aromatic nitrogens is 1. The smallest absolute Gasteiger partial charge is 0.181 e. The molecular weight excluding hydrogens is 170 g/mol. The molecule has 1 aliphatic heterocycles. The molecule has 2 rings (SSSR count). The maximum absolute atomic E-state index is 10.6. The minimum atomic E-state index is 0.302. The van der Waals surface area contributed by atoms with Crippen LogP contribution in [0.3, 0.4) is 0 Å². The highest BCUT2D eigenvalue weighted by atomic mass is 16.5. The molecule has 0 spiro atoms. The van der Waals surface area contributed by atoms with Crippen molar-refractivity contribution in [2.24, 2.45) is 0 Å². The van der Waals surface area contributed by atoms with Crippen molar-refractivity contribution in [2.75, 3.05) is 13.2 Å². The van der Waals surface area contributed by atoms with Crippen molar-refractivity contribution in [3.05, 3.63) is 17.8 Å². The molecule has 1 aromatic rings. The van der Waals surface area contributed by atoms with E-state index in [0.29, 0.717) is 11.6 Å². The van der Waals surface area contributed by atoms with Crippen molar-refractivity contribution in [2.45, 2.75) is 18.8 Å². The zero-order valence-corrected chi connectivity index (χ0v) is 7.23. The van der Waals surface area contributed by atoms with Gasteiger partial charge in [-0.25, -0.2) is 4.98 Å². The van der Waals surface area contributed by atoms with Gasteiger partial charge in [-0.05, 0) is 12.8 Å². The molecular formula is C9H11NO3. The van der Waals surface area contributed by atoms with Gasteiger partial charge in [0.1, 0.15) is 11.5 Å². The van der Waals surface area contributed by atoms with E-state index in [1.807, 2.05) is 0 Å². The topological polar surface area (TPSA) is 52.3 Å². The Labute approximate surface area is 75.9 Å². The number of carbonyl (C=O) groups excluding carboxylic acids is 1. The van der Waals surface area contributed by atoms with Gasteiger partial charge in [-0.15, -0.1) is 0 Å². The maximum atomic E-state index is 10.6. The molecule has 0 amide bonds. The van der Waals surface area contributed by atoms with Crippen LogP contribution in [0.2, 0.25) is 0 Å². The number of carbonyl (C=O) groups is 1. The Balaban J connectivity index is 2.17. The summed E-state index contributed by atoms with van der Waals surface area (Å²) in [6.45, 7) is 1.48. The van der Waals surface area contributed by atoms with E-state index in [4.69, 9.17) is 9.15 Å². The first-order chi connectivity index (χ1) is 6.42. The molecule has 4 nitrogen and oxygen atoms in total. The summed E-state index contributed by atoms with van der Waals surface area (Å²) >= 11 is 0. The van der Waals surface area contributed by atoms with Crippen molar-refractivity contribution >= 4 is 6.29 Å². The van der Waals surface area contributed by atoms with E-state index in [-0.39, 0.29) is 0 Å². The Morgan fingerprint density at radius 2 is 2.23 bits per heavy atom. The highest BCUT2D eigenvalue weighted by Gasteiger charge is 2.22. The number of ether oxygens (including phenoxy) is 1. The Kier molecular flexibility index (Phi) is 2.40. The molecule has 1 aromatic heterocycles. The van der Waals surface area contributed by atoms with Gasteiger partial charge in [0.25, 0.3) is 0 Å². The van der Waals surface area contributed by atoms with Gasteiger partial charge in [-0.1, -0.05) is 0 Å².